The number of anilines is 2. The van der Waals surface area contributed by atoms with Crippen molar-refractivity contribution in [2.24, 2.45) is 0 Å². The van der Waals surface area contributed by atoms with E-state index in [9.17, 15) is 0 Å². The third-order valence-electron chi connectivity index (χ3n) is 3.82. The lowest BCUT2D eigenvalue weighted by Crippen LogP contribution is -2.19. The maximum Gasteiger partial charge on any atom is 0.181 e. The summed E-state index contributed by atoms with van der Waals surface area (Å²) in [7, 11) is 2.03. The van der Waals surface area contributed by atoms with Crippen molar-refractivity contribution < 1.29 is 0 Å². The molecular formula is C15H20BrN5. The molecule has 21 heavy (non-hydrogen) atoms. The van der Waals surface area contributed by atoms with Crippen LogP contribution in [-0.2, 0) is 0 Å². The zero-order chi connectivity index (χ0) is 14.8. The molecule has 1 fully saturated rings. The summed E-state index contributed by atoms with van der Waals surface area (Å²) in [5, 5.41) is 4.39. The van der Waals surface area contributed by atoms with Crippen LogP contribution in [0.25, 0.3) is 5.65 Å². The van der Waals surface area contributed by atoms with Crippen molar-refractivity contribution >= 4 is 33.1 Å². The van der Waals surface area contributed by atoms with Gasteiger partial charge in [-0.3, -0.25) is 0 Å². The van der Waals surface area contributed by atoms with Gasteiger partial charge < -0.3 is 9.80 Å². The third kappa shape index (κ3) is 2.90. The highest BCUT2D eigenvalue weighted by molar-refractivity contribution is 9.11. The molecule has 0 unspecified atom stereocenters. The van der Waals surface area contributed by atoms with Crippen LogP contribution in [0.2, 0.25) is 0 Å². The fourth-order valence-corrected chi connectivity index (χ4v) is 2.90. The highest BCUT2D eigenvalue weighted by atomic mass is 79.9. The van der Waals surface area contributed by atoms with Crippen LogP contribution in [-0.4, -0.2) is 34.7 Å². The summed E-state index contributed by atoms with van der Waals surface area (Å²) in [5.74, 6) is 1.05. The van der Waals surface area contributed by atoms with Crippen molar-refractivity contribution in [2.45, 2.75) is 26.2 Å². The van der Waals surface area contributed by atoms with E-state index in [2.05, 4.69) is 44.0 Å². The SMILES string of the molecule is CC/C(Br)=C\N(C)c1cnn2ccc(N3CCCC3)nc12. The molecule has 0 atom stereocenters. The number of hydrogen-bond donors (Lipinski definition) is 0. The molecule has 6 heteroatoms. The van der Waals surface area contributed by atoms with E-state index in [1.807, 2.05) is 30.0 Å². The van der Waals surface area contributed by atoms with Gasteiger partial charge in [0, 0.05) is 37.0 Å². The molecule has 1 saturated heterocycles. The van der Waals surface area contributed by atoms with Crippen LogP contribution < -0.4 is 9.80 Å². The van der Waals surface area contributed by atoms with Gasteiger partial charge in [0.25, 0.3) is 0 Å². The average molecular weight is 350 g/mol. The second-order valence-electron chi connectivity index (χ2n) is 5.32. The molecule has 1 aliphatic rings. The van der Waals surface area contributed by atoms with E-state index in [0.29, 0.717) is 0 Å². The van der Waals surface area contributed by atoms with E-state index in [1.165, 1.54) is 12.8 Å². The first kappa shape index (κ1) is 14.4. The molecule has 0 spiro atoms. The lowest BCUT2D eigenvalue weighted by Gasteiger charge is -2.17. The van der Waals surface area contributed by atoms with E-state index >= 15 is 0 Å². The van der Waals surface area contributed by atoms with Crippen molar-refractivity contribution in [3.63, 3.8) is 0 Å². The monoisotopic (exact) mass is 349 g/mol. The molecule has 1 aliphatic heterocycles. The van der Waals surface area contributed by atoms with Gasteiger partial charge in [-0.05, 0) is 25.3 Å². The molecular weight excluding hydrogens is 330 g/mol. The summed E-state index contributed by atoms with van der Waals surface area (Å²) in [4.78, 5) is 9.22. The largest absolute Gasteiger partial charge is 0.356 e. The summed E-state index contributed by atoms with van der Waals surface area (Å²) in [6.45, 7) is 4.32. The normalized spacial score (nSPS) is 16.0. The first-order chi connectivity index (χ1) is 10.2. The van der Waals surface area contributed by atoms with Gasteiger partial charge in [0.1, 0.15) is 11.5 Å². The van der Waals surface area contributed by atoms with Gasteiger partial charge in [-0.2, -0.15) is 5.10 Å². The van der Waals surface area contributed by atoms with Crippen molar-refractivity contribution in [3.8, 4) is 0 Å². The molecule has 112 valence electrons. The molecule has 2 aromatic heterocycles. The van der Waals surface area contributed by atoms with E-state index in [0.717, 1.165) is 41.1 Å². The minimum absolute atomic E-state index is 0.898. The van der Waals surface area contributed by atoms with E-state index in [4.69, 9.17) is 4.98 Å². The Kier molecular flexibility index (Phi) is 4.14. The van der Waals surface area contributed by atoms with Crippen molar-refractivity contribution in [1.29, 1.82) is 0 Å². The fourth-order valence-electron chi connectivity index (χ4n) is 2.59. The summed E-state index contributed by atoms with van der Waals surface area (Å²) in [6.07, 6.45) is 9.40. The zero-order valence-electron chi connectivity index (χ0n) is 12.5. The van der Waals surface area contributed by atoms with Gasteiger partial charge in [0.05, 0.1) is 6.20 Å². The number of allylic oxidation sites excluding steroid dienone is 1. The number of nitrogens with zero attached hydrogens (tertiary/aromatic N) is 5. The fraction of sp³-hybridized carbons (Fsp3) is 0.467. The first-order valence-electron chi connectivity index (χ1n) is 7.37. The van der Waals surface area contributed by atoms with Gasteiger partial charge in [0.15, 0.2) is 5.65 Å². The number of halogens is 1. The average Bonchev–Trinajstić information content (AvgIpc) is 3.15. The Hall–Kier alpha value is -1.56. The summed E-state index contributed by atoms with van der Waals surface area (Å²) in [5.41, 5.74) is 1.91. The lowest BCUT2D eigenvalue weighted by atomic mass is 10.4. The highest BCUT2D eigenvalue weighted by Crippen LogP contribution is 2.24. The molecule has 5 nitrogen and oxygen atoms in total. The van der Waals surface area contributed by atoms with Crippen LogP contribution in [0.5, 0.6) is 0 Å². The molecule has 0 saturated carbocycles. The van der Waals surface area contributed by atoms with E-state index < -0.39 is 0 Å². The summed E-state index contributed by atoms with van der Waals surface area (Å²) in [6, 6.07) is 2.05. The van der Waals surface area contributed by atoms with Crippen molar-refractivity contribution in [3.05, 3.63) is 29.1 Å². The smallest absolute Gasteiger partial charge is 0.181 e. The molecule has 0 N–H and O–H groups in total. The van der Waals surface area contributed by atoms with Crippen LogP contribution in [0, 0.1) is 0 Å². The van der Waals surface area contributed by atoms with Crippen LogP contribution in [0.4, 0.5) is 11.5 Å². The molecule has 0 aromatic carbocycles. The predicted molar refractivity (Wildman–Crippen MR) is 90.1 cm³/mol. The molecule has 3 heterocycles. The Bertz CT molecular complexity index is 657. The summed E-state index contributed by atoms with van der Waals surface area (Å²) < 4.78 is 2.99. The second-order valence-corrected chi connectivity index (χ2v) is 6.34. The molecule has 0 amide bonds. The maximum atomic E-state index is 4.81. The molecule has 2 aromatic rings. The van der Waals surface area contributed by atoms with Gasteiger partial charge in [-0.25, -0.2) is 9.50 Å². The molecule has 0 aliphatic carbocycles. The Morgan fingerprint density at radius 2 is 2.19 bits per heavy atom. The number of rotatable bonds is 4. The minimum atomic E-state index is 0.898. The van der Waals surface area contributed by atoms with Gasteiger partial charge in [-0.1, -0.05) is 22.9 Å². The standard InChI is InChI=1S/C15H20BrN5/c1-3-12(16)11-19(2)13-10-17-21-9-6-14(18-15(13)21)20-7-4-5-8-20/h6,9-11H,3-5,7-8H2,1-2H3/b12-11+. The molecule has 3 rings (SSSR count). The highest BCUT2D eigenvalue weighted by Gasteiger charge is 2.16. The third-order valence-corrected chi connectivity index (χ3v) is 4.58. The van der Waals surface area contributed by atoms with Crippen LogP contribution in [0.3, 0.4) is 0 Å². The predicted octanol–water partition coefficient (Wildman–Crippen LogP) is 3.41. The van der Waals surface area contributed by atoms with Crippen molar-refractivity contribution in [1.82, 2.24) is 14.6 Å². The lowest BCUT2D eigenvalue weighted by molar-refractivity contribution is 0.898. The zero-order valence-corrected chi connectivity index (χ0v) is 14.0. The number of fused-ring (bicyclic) bond motifs is 1. The Labute approximate surface area is 133 Å². The van der Waals surface area contributed by atoms with Crippen LogP contribution >= 0.6 is 15.9 Å². The van der Waals surface area contributed by atoms with E-state index in [1.54, 1.807) is 0 Å². The van der Waals surface area contributed by atoms with Gasteiger partial charge in [-0.15, -0.1) is 0 Å². The first-order valence-corrected chi connectivity index (χ1v) is 8.16. The Morgan fingerprint density at radius 1 is 1.43 bits per heavy atom. The van der Waals surface area contributed by atoms with Crippen molar-refractivity contribution in [2.75, 3.05) is 29.9 Å². The molecule has 0 bridgehead atoms. The minimum Gasteiger partial charge on any atom is -0.356 e. The Balaban J connectivity index is 1.97. The number of aromatic nitrogens is 3. The van der Waals surface area contributed by atoms with E-state index in [-0.39, 0.29) is 0 Å². The second kappa shape index (κ2) is 6.05. The summed E-state index contributed by atoms with van der Waals surface area (Å²) >= 11 is 3.56. The quantitative estimate of drug-likeness (QED) is 0.847. The van der Waals surface area contributed by atoms with Gasteiger partial charge in [0.2, 0.25) is 0 Å². The van der Waals surface area contributed by atoms with Gasteiger partial charge >= 0.3 is 0 Å². The maximum absolute atomic E-state index is 4.81. The Morgan fingerprint density at radius 3 is 2.90 bits per heavy atom. The van der Waals surface area contributed by atoms with Crippen LogP contribution in [0.1, 0.15) is 26.2 Å². The topological polar surface area (TPSA) is 36.7 Å². The number of hydrogen-bond acceptors (Lipinski definition) is 4. The van der Waals surface area contributed by atoms with Crippen LogP contribution in [0.15, 0.2) is 29.1 Å². The molecule has 0 radical (unpaired) electrons.